The molecular formula is C17H18N4O4S. The summed E-state index contributed by atoms with van der Waals surface area (Å²) >= 11 is 0. The minimum atomic E-state index is -3.13. The van der Waals surface area contributed by atoms with Gasteiger partial charge in [0.25, 0.3) is 0 Å². The van der Waals surface area contributed by atoms with E-state index >= 15 is 0 Å². The van der Waals surface area contributed by atoms with Crippen LogP contribution in [0.25, 0.3) is 22.2 Å². The molecule has 0 unspecified atom stereocenters. The number of benzene rings is 1. The van der Waals surface area contributed by atoms with E-state index in [1.54, 1.807) is 17.6 Å². The average molecular weight is 374 g/mol. The molecule has 4 rings (SSSR count). The number of anilines is 1. The summed E-state index contributed by atoms with van der Waals surface area (Å²) in [5, 5.41) is 0. The van der Waals surface area contributed by atoms with Crippen molar-refractivity contribution in [3.8, 4) is 0 Å². The molecule has 1 aliphatic heterocycles. The van der Waals surface area contributed by atoms with Gasteiger partial charge in [-0.25, -0.2) is 23.2 Å². The van der Waals surface area contributed by atoms with Gasteiger partial charge >= 0.3 is 5.97 Å². The standard InChI is InChI=1S/C17H18N4O4S/c1-2-25-17(22)13-14-16(20-12-6-4-3-5-11(12)19-14)21(15(13)18)10-7-8-26(23,24)9-10/h3-6,10H,2,7-9,18H2,1H3/t10-/m0/s1. The van der Waals surface area contributed by atoms with Gasteiger partial charge in [-0.15, -0.1) is 0 Å². The van der Waals surface area contributed by atoms with Crippen LogP contribution in [0.15, 0.2) is 24.3 Å². The first-order valence-electron chi connectivity index (χ1n) is 8.35. The largest absolute Gasteiger partial charge is 0.462 e. The number of sulfone groups is 1. The van der Waals surface area contributed by atoms with Gasteiger partial charge in [0.2, 0.25) is 0 Å². The third-order valence-electron chi connectivity index (χ3n) is 4.59. The normalized spacial score (nSPS) is 19.2. The van der Waals surface area contributed by atoms with Crippen LogP contribution >= 0.6 is 0 Å². The summed E-state index contributed by atoms with van der Waals surface area (Å²) in [4.78, 5) is 21.6. The highest BCUT2D eigenvalue weighted by Crippen LogP contribution is 2.35. The first-order chi connectivity index (χ1) is 12.4. The molecule has 0 amide bonds. The smallest absolute Gasteiger partial charge is 0.344 e. The van der Waals surface area contributed by atoms with Crippen LogP contribution in [0.5, 0.6) is 0 Å². The SMILES string of the molecule is CCOC(=O)c1c(N)n([C@H]2CCS(=O)(=O)C2)c2nc3ccccc3nc12. The molecule has 136 valence electrons. The van der Waals surface area contributed by atoms with E-state index in [2.05, 4.69) is 9.97 Å². The van der Waals surface area contributed by atoms with E-state index in [9.17, 15) is 13.2 Å². The molecule has 1 fully saturated rings. The molecule has 0 saturated carbocycles. The second-order valence-corrected chi connectivity index (χ2v) is 8.52. The van der Waals surface area contributed by atoms with Crippen molar-refractivity contribution < 1.29 is 17.9 Å². The Morgan fingerprint density at radius 1 is 1.31 bits per heavy atom. The van der Waals surface area contributed by atoms with Crippen molar-refractivity contribution in [1.82, 2.24) is 14.5 Å². The Morgan fingerprint density at radius 2 is 2.00 bits per heavy atom. The predicted octanol–water partition coefficient (Wildman–Crippen LogP) is 1.70. The summed E-state index contributed by atoms with van der Waals surface area (Å²) in [5.41, 5.74) is 8.43. The first kappa shape index (κ1) is 16.8. The maximum absolute atomic E-state index is 12.5. The van der Waals surface area contributed by atoms with Crippen molar-refractivity contribution in [3.05, 3.63) is 29.8 Å². The molecule has 26 heavy (non-hydrogen) atoms. The highest BCUT2D eigenvalue weighted by Gasteiger charge is 2.34. The summed E-state index contributed by atoms with van der Waals surface area (Å²) in [6.45, 7) is 1.90. The number of para-hydroxylation sites is 2. The lowest BCUT2D eigenvalue weighted by Gasteiger charge is -2.14. The van der Waals surface area contributed by atoms with Gasteiger partial charge in [0.15, 0.2) is 15.5 Å². The minimum Gasteiger partial charge on any atom is -0.462 e. The van der Waals surface area contributed by atoms with Crippen molar-refractivity contribution >= 4 is 43.8 Å². The molecule has 1 saturated heterocycles. The lowest BCUT2D eigenvalue weighted by Crippen LogP contribution is -2.15. The second kappa shape index (κ2) is 5.94. The number of rotatable bonds is 3. The van der Waals surface area contributed by atoms with E-state index in [1.165, 1.54) is 0 Å². The summed E-state index contributed by atoms with van der Waals surface area (Å²) in [6.07, 6.45) is 0.424. The Hall–Kier alpha value is -2.68. The van der Waals surface area contributed by atoms with Crippen molar-refractivity contribution in [2.75, 3.05) is 23.8 Å². The number of ether oxygens (including phenoxy) is 1. The molecule has 0 bridgehead atoms. The summed E-state index contributed by atoms with van der Waals surface area (Å²) in [6, 6.07) is 6.90. The first-order valence-corrected chi connectivity index (χ1v) is 10.2. The summed E-state index contributed by atoms with van der Waals surface area (Å²) < 4.78 is 30.6. The van der Waals surface area contributed by atoms with Crippen LogP contribution in [0.4, 0.5) is 5.82 Å². The monoisotopic (exact) mass is 374 g/mol. The van der Waals surface area contributed by atoms with Gasteiger partial charge in [-0.2, -0.15) is 0 Å². The third kappa shape index (κ3) is 2.59. The highest BCUT2D eigenvalue weighted by atomic mass is 32.2. The van der Waals surface area contributed by atoms with Crippen LogP contribution < -0.4 is 5.73 Å². The maximum atomic E-state index is 12.5. The van der Waals surface area contributed by atoms with Crippen LogP contribution in [0.3, 0.4) is 0 Å². The summed E-state index contributed by atoms with van der Waals surface area (Å²) in [7, 11) is -3.13. The molecule has 3 heterocycles. The molecule has 1 aliphatic rings. The Balaban J connectivity index is 2.02. The van der Waals surface area contributed by atoms with E-state index in [-0.39, 0.29) is 35.5 Å². The van der Waals surface area contributed by atoms with Crippen molar-refractivity contribution in [3.63, 3.8) is 0 Å². The van der Waals surface area contributed by atoms with Gasteiger partial charge < -0.3 is 15.0 Å². The fourth-order valence-corrected chi connectivity index (χ4v) is 5.14. The van der Waals surface area contributed by atoms with E-state index in [1.807, 2.05) is 18.2 Å². The Bertz CT molecular complexity index is 1140. The quantitative estimate of drug-likeness (QED) is 0.693. The lowest BCUT2D eigenvalue weighted by molar-refractivity contribution is 0.0529. The van der Waals surface area contributed by atoms with Crippen LogP contribution in [0.2, 0.25) is 0 Å². The van der Waals surface area contributed by atoms with Crippen molar-refractivity contribution in [1.29, 1.82) is 0 Å². The predicted molar refractivity (Wildman–Crippen MR) is 97.7 cm³/mol. The number of hydrogen-bond donors (Lipinski definition) is 1. The van der Waals surface area contributed by atoms with Crippen molar-refractivity contribution in [2.24, 2.45) is 0 Å². The van der Waals surface area contributed by atoms with E-state index < -0.39 is 15.8 Å². The molecule has 8 nitrogen and oxygen atoms in total. The average Bonchev–Trinajstić information content (AvgIpc) is 3.08. The Labute approximate surface area is 149 Å². The van der Waals surface area contributed by atoms with Crippen LogP contribution in [-0.4, -0.2) is 47.0 Å². The van der Waals surface area contributed by atoms with Gasteiger partial charge in [-0.05, 0) is 25.5 Å². The van der Waals surface area contributed by atoms with Gasteiger partial charge in [0.1, 0.15) is 16.9 Å². The highest BCUT2D eigenvalue weighted by molar-refractivity contribution is 7.91. The fraction of sp³-hybridized carbons (Fsp3) is 0.353. The van der Waals surface area contributed by atoms with Crippen LogP contribution in [0.1, 0.15) is 29.7 Å². The Morgan fingerprint density at radius 3 is 2.62 bits per heavy atom. The van der Waals surface area contributed by atoms with Gasteiger partial charge in [0, 0.05) is 0 Å². The number of nitrogen functional groups attached to an aromatic ring is 1. The van der Waals surface area contributed by atoms with Crippen molar-refractivity contribution in [2.45, 2.75) is 19.4 Å². The fourth-order valence-electron chi connectivity index (χ4n) is 3.44. The number of nitrogens with zero attached hydrogens (tertiary/aromatic N) is 3. The topological polar surface area (TPSA) is 117 Å². The number of hydrogen-bond acceptors (Lipinski definition) is 7. The molecule has 2 N–H and O–H groups in total. The molecule has 9 heteroatoms. The molecule has 2 aromatic heterocycles. The maximum Gasteiger partial charge on any atom is 0.344 e. The number of fused-ring (bicyclic) bond motifs is 2. The molecule has 1 aromatic carbocycles. The zero-order valence-electron chi connectivity index (χ0n) is 14.2. The number of aromatic nitrogens is 3. The molecular weight excluding hydrogens is 356 g/mol. The molecule has 0 spiro atoms. The molecule has 3 aromatic rings. The number of nitrogens with two attached hydrogens (primary N) is 1. The van der Waals surface area contributed by atoms with E-state index in [0.29, 0.717) is 28.6 Å². The van der Waals surface area contributed by atoms with E-state index in [4.69, 9.17) is 10.5 Å². The number of esters is 1. The molecule has 1 atom stereocenters. The van der Waals surface area contributed by atoms with Gasteiger partial charge in [-0.1, -0.05) is 12.1 Å². The third-order valence-corrected chi connectivity index (χ3v) is 6.34. The van der Waals surface area contributed by atoms with Crippen LogP contribution in [0, 0.1) is 0 Å². The van der Waals surface area contributed by atoms with Crippen LogP contribution in [-0.2, 0) is 14.6 Å². The number of carbonyl (C=O) groups excluding carboxylic acids is 1. The molecule has 0 radical (unpaired) electrons. The lowest BCUT2D eigenvalue weighted by atomic mass is 10.2. The Kier molecular flexibility index (Phi) is 3.83. The van der Waals surface area contributed by atoms with E-state index in [0.717, 1.165) is 0 Å². The summed E-state index contributed by atoms with van der Waals surface area (Å²) in [5.74, 6) is -0.375. The molecule has 0 aliphatic carbocycles. The second-order valence-electron chi connectivity index (χ2n) is 6.29. The zero-order valence-corrected chi connectivity index (χ0v) is 15.0. The number of carbonyl (C=O) groups is 1. The van der Waals surface area contributed by atoms with Gasteiger partial charge in [-0.3, -0.25) is 0 Å². The zero-order chi connectivity index (χ0) is 18.5. The van der Waals surface area contributed by atoms with Gasteiger partial charge in [0.05, 0.1) is 35.2 Å². The minimum absolute atomic E-state index is 0.0300.